The molecule has 0 bridgehead atoms. The van der Waals surface area contributed by atoms with Gasteiger partial charge in [-0.05, 0) is 55.0 Å². The molecule has 3 nitrogen and oxygen atoms in total. The Balaban J connectivity index is 3.03. The first-order valence-electron chi connectivity index (χ1n) is 9.96. The third-order valence-electron chi connectivity index (χ3n) is 4.96. The second-order valence-corrected chi connectivity index (χ2v) is 7.04. The number of rotatable bonds is 11. The summed E-state index contributed by atoms with van der Waals surface area (Å²) in [6.07, 6.45) is 9.12. The molecule has 0 amide bonds. The molecule has 0 aliphatic heterocycles. The Morgan fingerprint density at radius 1 is 1.12 bits per heavy atom. The summed E-state index contributed by atoms with van der Waals surface area (Å²) in [5.41, 5.74) is 3.45. The van der Waals surface area contributed by atoms with Gasteiger partial charge in [-0.15, -0.1) is 0 Å². The van der Waals surface area contributed by atoms with Crippen molar-refractivity contribution in [1.82, 2.24) is 0 Å². The molecule has 1 atom stereocenters. The number of anilines is 1. The average molecular weight is 352 g/mol. The maximum absolute atomic E-state index is 8.97. The van der Waals surface area contributed by atoms with E-state index in [9.17, 15) is 0 Å². The fourth-order valence-corrected chi connectivity index (χ4v) is 3.17. The summed E-state index contributed by atoms with van der Waals surface area (Å²) < 4.78 is 0. The van der Waals surface area contributed by atoms with Crippen LogP contribution in [0.25, 0.3) is 6.08 Å². The monoisotopic (exact) mass is 351 g/mol. The molecule has 0 aromatic heterocycles. The van der Waals surface area contributed by atoms with Crippen LogP contribution >= 0.6 is 0 Å². The number of benzene rings is 1. The normalized spacial score (nSPS) is 11.3. The number of allylic oxidation sites excluding steroid dienone is 1. The summed E-state index contributed by atoms with van der Waals surface area (Å²) in [7, 11) is 0. The van der Waals surface area contributed by atoms with Crippen molar-refractivity contribution >= 4 is 11.8 Å². The van der Waals surface area contributed by atoms with Crippen LogP contribution in [-0.2, 0) is 0 Å². The zero-order chi connectivity index (χ0) is 19.4. The third-order valence-corrected chi connectivity index (χ3v) is 4.96. The number of nitrogens with zero attached hydrogens (tertiary/aromatic N) is 3. The van der Waals surface area contributed by atoms with E-state index in [-0.39, 0.29) is 5.57 Å². The number of unbranched alkanes of at least 4 members (excludes halogenated alkanes) is 2. The van der Waals surface area contributed by atoms with Gasteiger partial charge in [-0.25, -0.2) is 0 Å². The molecule has 0 radical (unpaired) electrons. The van der Waals surface area contributed by atoms with Gasteiger partial charge in [0.15, 0.2) is 0 Å². The second-order valence-electron chi connectivity index (χ2n) is 7.04. The molecule has 1 rings (SSSR count). The van der Waals surface area contributed by atoms with Gasteiger partial charge in [-0.2, -0.15) is 10.5 Å². The largest absolute Gasteiger partial charge is 0.371 e. The van der Waals surface area contributed by atoms with Gasteiger partial charge >= 0.3 is 0 Å². The lowest BCUT2D eigenvalue weighted by molar-refractivity contribution is 0.444. The van der Waals surface area contributed by atoms with E-state index in [1.54, 1.807) is 6.08 Å². The van der Waals surface area contributed by atoms with Crippen molar-refractivity contribution < 1.29 is 0 Å². The summed E-state index contributed by atoms with van der Waals surface area (Å²) >= 11 is 0. The highest BCUT2D eigenvalue weighted by molar-refractivity contribution is 5.66. The molecule has 0 N–H and O–H groups in total. The van der Waals surface area contributed by atoms with Crippen LogP contribution in [0.2, 0.25) is 0 Å². The Morgan fingerprint density at radius 3 is 2.35 bits per heavy atom. The minimum Gasteiger partial charge on any atom is -0.371 e. The van der Waals surface area contributed by atoms with Crippen LogP contribution < -0.4 is 4.90 Å². The van der Waals surface area contributed by atoms with Crippen LogP contribution in [0.1, 0.15) is 70.4 Å². The Morgan fingerprint density at radius 2 is 1.81 bits per heavy atom. The molecule has 140 valence electrons. The van der Waals surface area contributed by atoms with Gasteiger partial charge < -0.3 is 4.90 Å². The zero-order valence-corrected chi connectivity index (χ0v) is 16.9. The van der Waals surface area contributed by atoms with Gasteiger partial charge in [-0.3, -0.25) is 0 Å². The quantitative estimate of drug-likeness (QED) is 0.443. The lowest BCUT2D eigenvalue weighted by Gasteiger charge is -2.30. The first-order chi connectivity index (χ1) is 12.6. The minimum absolute atomic E-state index is 0.148. The first-order valence-corrected chi connectivity index (χ1v) is 9.96. The number of aryl methyl sites for hydroxylation is 1. The molecule has 0 aliphatic rings. The van der Waals surface area contributed by atoms with E-state index < -0.39 is 0 Å². The van der Waals surface area contributed by atoms with Gasteiger partial charge in [-0.1, -0.05) is 52.5 Å². The van der Waals surface area contributed by atoms with Crippen molar-refractivity contribution in [3.05, 3.63) is 34.9 Å². The van der Waals surface area contributed by atoms with Crippen molar-refractivity contribution in [3.63, 3.8) is 0 Å². The predicted octanol–water partition coefficient (Wildman–Crippen LogP) is 6.25. The van der Waals surface area contributed by atoms with Crippen molar-refractivity contribution in [3.8, 4) is 12.1 Å². The molecule has 1 unspecified atom stereocenters. The van der Waals surface area contributed by atoms with Crippen molar-refractivity contribution in [2.24, 2.45) is 5.92 Å². The molecule has 0 saturated heterocycles. The highest BCUT2D eigenvalue weighted by Crippen LogP contribution is 2.24. The number of hydrogen-bond acceptors (Lipinski definition) is 3. The van der Waals surface area contributed by atoms with Crippen LogP contribution in [0.5, 0.6) is 0 Å². The molecule has 0 fully saturated rings. The molecular formula is C23H33N3. The molecule has 26 heavy (non-hydrogen) atoms. The van der Waals surface area contributed by atoms with Crippen molar-refractivity contribution in [2.75, 3.05) is 18.0 Å². The Labute approximate surface area is 159 Å². The van der Waals surface area contributed by atoms with Crippen molar-refractivity contribution in [2.45, 2.75) is 66.2 Å². The van der Waals surface area contributed by atoms with E-state index in [0.717, 1.165) is 30.1 Å². The van der Waals surface area contributed by atoms with Gasteiger partial charge in [0.1, 0.15) is 17.7 Å². The fraction of sp³-hybridized carbons (Fsp3) is 0.565. The van der Waals surface area contributed by atoms with Gasteiger partial charge in [0.05, 0.1) is 0 Å². The lowest BCUT2D eigenvalue weighted by atomic mass is 9.97. The predicted molar refractivity (Wildman–Crippen MR) is 111 cm³/mol. The van der Waals surface area contributed by atoms with Gasteiger partial charge in [0.25, 0.3) is 0 Å². The van der Waals surface area contributed by atoms with E-state index in [1.807, 2.05) is 25.1 Å². The van der Waals surface area contributed by atoms with E-state index in [4.69, 9.17) is 10.5 Å². The molecule has 1 aromatic carbocycles. The molecule has 0 spiro atoms. The maximum atomic E-state index is 8.97. The standard InChI is InChI=1S/C23H33N3/c1-5-8-10-20(7-3)18-26(13-9-6-2)23-12-11-22(19(4)14-23)15-21(16-24)17-25/h11-12,14-15,20H,5-10,13,18H2,1-4H3. The molecule has 0 saturated carbocycles. The number of hydrogen-bond donors (Lipinski definition) is 0. The van der Waals surface area contributed by atoms with E-state index in [1.165, 1.54) is 44.2 Å². The topological polar surface area (TPSA) is 50.8 Å². The van der Waals surface area contributed by atoms with Crippen molar-refractivity contribution in [1.29, 1.82) is 10.5 Å². The van der Waals surface area contributed by atoms with Crippen LogP contribution in [0.15, 0.2) is 23.8 Å². The van der Waals surface area contributed by atoms with E-state index >= 15 is 0 Å². The highest BCUT2D eigenvalue weighted by atomic mass is 15.1. The Kier molecular flexibility index (Phi) is 10.2. The molecular weight excluding hydrogens is 318 g/mol. The molecule has 1 aromatic rings. The zero-order valence-electron chi connectivity index (χ0n) is 16.9. The summed E-state index contributed by atoms with van der Waals surface area (Å²) in [6, 6.07) is 10.2. The summed E-state index contributed by atoms with van der Waals surface area (Å²) in [5, 5.41) is 17.9. The second kappa shape index (κ2) is 12.2. The van der Waals surface area contributed by atoms with Gasteiger partial charge in [0.2, 0.25) is 0 Å². The highest BCUT2D eigenvalue weighted by Gasteiger charge is 2.14. The van der Waals surface area contributed by atoms with Crippen LogP contribution in [-0.4, -0.2) is 13.1 Å². The first kappa shape index (κ1) is 21.8. The fourth-order valence-electron chi connectivity index (χ4n) is 3.17. The Bertz CT molecular complexity index is 645. The summed E-state index contributed by atoms with van der Waals surface area (Å²) in [6.45, 7) is 11.0. The van der Waals surface area contributed by atoms with E-state index in [2.05, 4.69) is 37.8 Å². The smallest absolute Gasteiger partial charge is 0.130 e. The summed E-state index contributed by atoms with van der Waals surface area (Å²) in [5.74, 6) is 0.732. The van der Waals surface area contributed by atoms with E-state index in [0.29, 0.717) is 0 Å². The van der Waals surface area contributed by atoms with Crippen LogP contribution in [0, 0.1) is 35.5 Å². The summed E-state index contributed by atoms with van der Waals surface area (Å²) in [4.78, 5) is 2.52. The minimum atomic E-state index is 0.148. The lowest BCUT2D eigenvalue weighted by Crippen LogP contribution is -2.30. The van der Waals surface area contributed by atoms with Gasteiger partial charge in [0, 0.05) is 18.8 Å². The third kappa shape index (κ3) is 6.93. The number of nitriles is 2. The molecule has 0 heterocycles. The average Bonchev–Trinajstić information content (AvgIpc) is 2.66. The van der Waals surface area contributed by atoms with Crippen LogP contribution in [0.4, 0.5) is 5.69 Å². The molecule has 3 heteroatoms. The SMILES string of the molecule is CCCCC(CC)CN(CCCC)c1ccc(C=C(C#N)C#N)c(C)c1. The van der Waals surface area contributed by atoms with Crippen LogP contribution in [0.3, 0.4) is 0 Å². The molecule has 0 aliphatic carbocycles. The Hall–Kier alpha value is -2.26. The maximum Gasteiger partial charge on any atom is 0.130 e.